The second kappa shape index (κ2) is 4.17. The van der Waals surface area contributed by atoms with Crippen molar-refractivity contribution in [2.24, 2.45) is 0 Å². The highest BCUT2D eigenvalue weighted by atomic mass is 15.3. The predicted octanol–water partition coefficient (Wildman–Crippen LogP) is 2.08. The van der Waals surface area contributed by atoms with Crippen LogP contribution < -0.4 is 5.73 Å². The molecule has 78 valence electrons. The van der Waals surface area contributed by atoms with Crippen LogP contribution in [0.2, 0.25) is 0 Å². The zero-order valence-electron chi connectivity index (χ0n) is 8.85. The van der Waals surface area contributed by atoms with E-state index in [0.29, 0.717) is 0 Å². The van der Waals surface area contributed by atoms with E-state index in [0.717, 1.165) is 24.3 Å². The lowest BCUT2D eigenvalue weighted by molar-refractivity contribution is 0.650. The van der Waals surface area contributed by atoms with Gasteiger partial charge in [-0.15, -0.1) is 0 Å². The fourth-order valence-corrected chi connectivity index (χ4v) is 1.70. The highest BCUT2D eigenvalue weighted by molar-refractivity contribution is 5.41. The van der Waals surface area contributed by atoms with Gasteiger partial charge >= 0.3 is 0 Å². The van der Waals surface area contributed by atoms with Gasteiger partial charge in [0.25, 0.3) is 0 Å². The summed E-state index contributed by atoms with van der Waals surface area (Å²) >= 11 is 0. The summed E-state index contributed by atoms with van der Waals surface area (Å²) in [5, 5.41) is 4.27. The van der Waals surface area contributed by atoms with Gasteiger partial charge in [-0.1, -0.05) is 37.3 Å². The summed E-state index contributed by atoms with van der Waals surface area (Å²) in [7, 11) is 0. The van der Waals surface area contributed by atoms with Gasteiger partial charge in [-0.05, 0) is 12.0 Å². The molecule has 1 aromatic heterocycles. The van der Waals surface area contributed by atoms with Gasteiger partial charge in [0.2, 0.25) is 0 Å². The molecule has 1 heterocycles. The van der Waals surface area contributed by atoms with E-state index in [1.165, 1.54) is 5.56 Å². The van der Waals surface area contributed by atoms with E-state index in [1.807, 2.05) is 22.9 Å². The quantitative estimate of drug-likeness (QED) is 0.826. The Morgan fingerprint density at radius 3 is 2.67 bits per heavy atom. The Balaban J connectivity index is 2.25. The number of rotatable bonds is 3. The Hall–Kier alpha value is -1.77. The predicted molar refractivity (Wildman–Crippen MR) is 61.6 cm³/mol. The number of nitrogens with zero attached hydrogens (tertiary/aromatic N) is 2. The molecular weight excluding hydrogens is 186 g/mol. The first-order valence-corrected chi connectivity index (χ1v) is 5.15. The maximum absolute atomic E-state index is 5.82. The van der Waals surface area contributed by atoms with Gasteiger partial charge in [-0.25, -0.2) is 0 Å². The van der Waals surface area contributed by atoms with Crippen molar-refractivity contribution in [1.82, 2.24) is 9.78 Å². The van der Waals surface area contributed by atoms with Crippen LogP contribution in [-0.2, 0) is 13.0 Å². The van der Waals surface area contributed by atoms with Crippen LogP contribution in [0.25, 0.3) is 0 Å². The number of anilines is 1. The average Bonchev–Trinajstić information content (AvgIpc) is 2.61. The molecule has 15 heavy (non-hydrogen) atoms. The molecule has 0 saturated carbocycles. The van der Waals surface area contributed by atoms with Gasteiger partial charge in [0.05, 0.1) is 24.1 Å². The lowest BCUT2D eigenvalue weighted by atomic mass is 10.2. The van der Waals surface area contributed by atoms with E-state index in [1.54, 1.807) is 6.20 Å². The Morgan fingerprint density at radius 2 is 2.00 bits per heavy atom. The molecule has 2 rings (SSSR count). The summed E-state index contributed by atoms with van der Waals surface area (Å²) in [6, 6.07) is 10.3. The zero-order valence-corrected chi connectivity index (χ0v) is 8.85. The standard InChI is InChI=1S/C12H15N3/c1-2-12-11(13)8-14-15(12)9-10-6-4-3-5-7-10/h3-8H,2,9,13H2,1H3. The third kappa shape index (κ3) is 2.01. The number of aromatic nitrogens is 2. The smallest absolute Gasteiger partial charge is 0.0733 e. The number of hydrogen-bond donors (Lipinski definition) is 1. The minimum atomic E-state index is 0.786. The van der Waals surface area contributed by atoms with E-state index >= 15 is 0 Å². The Morgan fingerprint density at radius 1 is 1.27 bits per heavy atom. The first kappa shape index (κ1) is 9.77. The molecule has 3 nitrogen and oxygen atoms in total. The van der Waals surface area contributed by atoms with Crippen LogP contribution in [0.1, 0.15) is 18.2 Å². The monoisotopic (exact) mass is 201 g/mol. The molecule has 0 spiro atoms. The van der Waals surface area contributed by atoms with Crippen molar-refractivity contribution < 1.29 is 0 Å². The SMILES string of the molecule is CCc1c(N)cnn1Cc1ccccc1. The van der Waals surface area contributed by atoms with Gasteiger partial charge in [0.1, 0.15) is 0 Å². The largest absolute Gasteiger partial charge is 0.396 e. The van der Waals surface area contributed by atoms with Crippen LogP contribution in [0, 0.1) is 0 Å². The summed E-state index contributed by atoms with van der Waals surface area (Å²) < 4.78 is 1.96. The molecule has 0 atom stereocenters. The van der Waals surface area contributed by atoms with Gasteiger partial charge < -0.3 is 5.73 Å². The molecule has 1 aromatic carbocycles. The normalized spacial score (nSPS) is 10.5. The Kier molecular flexibility index (Phi) is 2.72. The van der Waals surface area contributed by atoms with Crippen LogP contribution in [0.15, 0.2) is 36.5 Å². The molecule has 2 aromatic rings. The maximum atomic E-state index is 5.82. The molecule has 0 aliphatic carbocycles. The van der Waals surface area contributed by atoms with Crippen LogP contribution in [-0.4, -0.2) is 9.78 Å². The first-order valence-electron chi connectivity index (χ1n) is 5.15. The molecule has 0 unspecified atom stereocenters. The van der Waals surface area contributed by atoms with Crippen LogP contribution in [0.4, 0.5) is 5.69 Å². The van der Waals surface area contributed by atoms with Gasteiger partial charge in [-0.3, -0.25) is 4.68 Å². The topological polar surface area (TPSA) is 43.8 Å². The molecule has 3 heteroatoms. The fraction of sp³-hybridized carbons (Fsp3) is 0.250. The summed E-state index contributed by atoms with van der Waals surface area (Å²) in [6.45, 7) is 2.88. The van der Waals surface area contributed by atoms with E-state index in [9.17, 15) is 0 Å². The molecule has 0 amide bonds. The fourth-order valence-electron chi connectivity index (χ4n) is 1.70. The lowest BCUT2D eigenvalue weighted by Gasteiger charge is -2.06. The summed E-state index contributed by atoms with van der Waals surface area (Å²) in [4.78, 5) is 0. The highest BCUT2D eigenvalue weighted by Crippen LogP contribution is 2.13. The van der Waals surface area contributed by atoms with Gasteiger partial charge in [0, 0.05) is 0 Å². The molecule has 0 radical (unpaired) electrons. The molecular formula is C12H15N3. The maximum Gasteiger partial charge on any atom is 0.0733 e. The molecule has 0 aliphatic heterocycles. The first-order chi connectivity index (χ1) is 7.31. The number of hydrogen-bond acceptors (Lipinski definition) is 2. The molecule has 0 aliphatic rings. The molecule has 0 saturated heterocycles. The van der Waals surface area contributed by atoms with Crippen molar-refractivity contribution in [3.8, 4) is 0 Å². The van der Waals surface area contributed by atoms with E-state index in [2.05, 4.69) is 24.2 Å². The van der Waals surface area contributed by atoms with Crippen molar-refractivity contribution in [3.63, 3.8) is 0 Å². The number of nitrogens with two attached hydrogens (primary N) is 1. The Bertz CT molecular complexity index is 431. The number of nitrogen functional groups attached to an aromatic ring is 1. The van der Waals surface area contributed by atoms with Crippen molar-refractivity contribution in [1.29, 1.82) is 0 Å². The summed E-state index contributed by atoms with van der Waals surface area (Å²) in [5.74, 6) is 0. The van der Waals surface area contributed by atoms with E-state index < -0.39 is 0 Å². The second-order valence-electron chi connectivity index (χ2n) is 3.54. The van der Waals surface area contributed by atoms with E-state index in [-0.39, 0.29) is 0 Å². The number of benzene rings is 1. The van der Waals surface area contributed by atoms with Crippen molar-refractivity contribution in [2.45, 2.75) is 19.9 Å². The van der Waals surface area contributed by atoms with Crippen molar-refractivity contribution in [2.75, 3.05) is 5.73 Å². The molecule has 0 fully saturated rings. The minimum absolute atomic E-state index is 0.786. The third-order valence-corrected chi connectivity index (χ3v) is 2.49. The van der Waals surface area contributed by atoms with E-state index in [4.69, 9.17) is 5.73 Å². The molecule has 0 bridgehead atoms. The van der Waals surface area contributed by atoms with Crippen LogP contribution >= 0.6 is 0 Å². The average molecular weight is 201 g/mol. The summed E-state index contributed by atoms with van der Waals surface area (Å²) in [5.41, 5.74) is 8.96. The second-order valence-corrected chi connectivity index (χ2v) is 3.54. The lowest BCUT2D eigenvalue weighted by Crippen LogP contribution is -2.06. The third-order valence-electron chi connectivity index (χ3n) is 2.49. The summed E-state index contributed by atoms with van der Waals surface area (Å²) in [6.07, 6.45) is 2.64. The van der Waals surface area contributed by atoms with Crippen LogP contribution in [0.5, 0.6) is 0 Å². The highest BCUT2D eigenvalue weighted by Gasteiger charge is 2.05. The van der Waals surface area contributed by atoms with Gasteiger partial charge in [-0.2, -0.15) is 5.10 Å². The van der Waals surface area contributed by atoms with Crippen LogP contribution in [0.3, 0.4) is 0 Å². The zero-order chi connectivity index (χ0) is 10.7. The van der Waals surface area contributed by atoms with Crippen molar-refractivity contribution >= 4 is 5.69 Å². The Labute approximate surface area is 89.5 Å². The van der Waals surface area contributed by atoms with Gasteiger partial charge in [0.15, 0.2) is 0 Å². The molecule has 2 N–H and O–H groups in total. The van der Waals surface area contributed by atoms with Crippen molar-refractivity contribution in [3.05, 3.63) is 47.8 Å². The minimum Gasteiger partial charge on any atom is -0.396 e.